The summed E-state index contributed by atoms with van der Waals surface area (Å²) in [6.07, 6.45) is 5.28. The van der Waals surface area contributed by atoms with Crippen LogP contribution in [-0.4, -0.2) is 86.4 Å². The van der Waals surface area contributed by atoms with Crippen molar-refractivity contribution in [2.24, 2.45) is 0 Å². The molecule has 198 valence electrons. The zero-order valence-corrected chi connectivity index (χ0v) is 21.3. The molecule has 0 aromatic heterocycles. The Morgan fingerprint density at radius 3 is 1.46 bits per heavy atom. The highest BCUT2D eigenvalue weighted by molar-refractivity contribution is 5.95. The summed E-state index contributed by atoms with van der Waals surface area (Å²) in [6.45, 7) is 4.93. The summed E-state index contributed by atoms with van der Waals surface area (Å²) in [5.41, 5.74) is 1.26. The Labute approximate surface area is 218 Å². The normalized spacial score (nSPS) is 22.1. The average Bonchev–Trinajstić information content (AvgIpc) is 3.61. The van der Waals surface area contributed by atoms with Crippen LogP contribution in [0, 0.1) is 0 Å². The van der Waals surface area contributed by atoms with Crippen molar-refractivity contribution in [3.63, 3.8) is 0 Å². The number of benzene rings is 2. The van der Waals surface area contributed by atoms with Gasteiger partial charge in [-0.3, -0.25) is 9.59 Å². The zero-order chi connectivity index (χ0) is 25.5. The van der Waals surface area contributed by atoms with Gasteiger partial charge in [0, 0.05) is 50.5 Å². The van der Waals surface area contributed by atoms with E-state index in [1.54, 1.807) is 0 Å². The molecule has 2 atom stereocenters. The standard InChI is InChI=1S/C29H36N2O6/c32-28(22-6-10-24(11-7-22)36-20-26-4-1-18-34-26)30-14-3-15-31(17-16-30)29(33)23-8-12-25(13-9-23)37-21-27-5-2-19-35-27/h6-13,26-27H,1-5,14-21H2. The first-order chi connectivity index (χ1) is 18.2. The third-order valence-electron chi connectivity index (χ3n) is 7.19. The maximum atomic E-state index is 13.1. The van der Waals surface area contributed by atoms with Crippen molar-refractivity contribution < 1.29 is 28.5 Å². The van der Waals surface area contributed by atoms with E-state index >= 15 is 0 Å². The minimum Gasteiger partial charge on any atom is -0.491 e. The van der Waals surface area contributed by atoms with Crippen LogP contribution >= 0.6 is 0 Å². The number of amides is 2. The lowest BCUT2D eigenvalue weighted by Crippen LogP contribution is -2.37. The van der Waals surface area contributed by atoms with Crippen LogP contribution < -0.4 is 9.47 Å². The second kappa shape index (κ2) is 12.4. The van der Waals surface area contributed by atoms with Gasteiger partial charge in [0.1, 0.15) is 24.7 Å². The first kappa shape index (κ1) is 25.5. The Morgan fingerprint density at radius 1 is 0.649 bits per heavy atom. The Kier molecular flexibility index (Phi) is 8.58. The maximum absolute atomic E-state index is 13.1. The summed E-state index contributed by atoms with van der Waals surface area (Å²) in [5.74, 6) is 1.44. The van der Waals surface area contributed by atoms with Gasteiger partial charge in [0.05, 0.1) is 12.2 Å². The fourth-order valence-electron chi connectivity index (χ4n) is 5.01. The molecule has 0 saturated carbocycles. The highest BCUT2D eigenvalue weighted by atomic mass is 16.5. The lowest BCUT2D eigenvalue weighted by atomic mass is 10.2. The van der Waals surface area contributed by atoms with Gasteiger partial charge in [0.15, 0.2) is 0 Å². The molecule has 2 aromatic rings. The highest BCUT2D eigenvalue weighted by Crippen LogP contribution is 2.20. The van der Waals surface area contributed by atoms with E-state index in [0.717, 1.165) is 56.8 Å². The predicted molar refractivity (Wildman–Crippen MR) is 138 cm³/mol. The van der Waals surface area contributed by atoms with Crippen LogP contribution in [0.3, 0.4) is 0 Å². The molecular weight excluding hydrogens is 472 g/mol. The zero-order valence-electron chi connectivity index (χ0n) is 21.3. The molecule has 0 N–H and O–H groups in total. The topological polar surface area (TPSA) is 77.5 Å². The van der Waals surface area contributed by atoms with E-state index in [9.17, 15) is 9.59 Å². The number of hydrogen-bond acceptors (Lipinski definition) is 6. The van der Waals surface area contributed by atoms with Crippen molar-refractivity contribution in [3.8, 4) is 11.5 Å². The molecule has 3 aliphatic rings. The van der Waals surface area contributed by atoms with Crippen molar-refractivity contribution in [3.05, 3.63) is 59.7 Å². The van der Waals surface area contributed by atoms with Crippen LogP contribution in [0.5, 0.6) is 11.5 Å². The molecule has 37 heavy (non-hydrogen) atoms. The molecule has 0 radical (unpaired) electrons. The molecule has 2 unspecified atom stereocenters. The third-order valence-corrected chi connectivity index (χ3v) is 7.19. The van der Waals surface area contributed by atoms with Gasteiger partial charge in [-0.1, -0.05) is 0 Å². The fourth-order valence-corrected chi connectivity index (χ4v) is 5.01. The largest absolute Gasteiger partial charge is 0.491 e. The Morgan fingerprint density at radius 2 is 1.08 bits per heavy atom. The molecule has 3 saturated heterocycles. The summed E-state index contributed by atoms with van der Waals surface area (Å²) in [4.78, 5) is 29.9. The van der Waals surface area contributed by atoms with Crippen molar-refractivity contribution in [2.75, 3.05) is 52.6 Å². The van der Waals surface area contributed by atoms with Crippen LogP contribution in [0.15, 0.2) is 48.5 Å². The molecule has 0 bridgehead atoms. The molecule has 3 heterocycles. The van der Waals surface area contributed by atoms with Crippen LogP contribution in [0.25, 0.3) is 0 Å². The molecule has 8 heteroatoms. The molecule has 3 fully saturated rings. The smallest absolute Gasteiger partial charge is 0.253 e. The Hall–Kier alpha value is -3.10. The molecular formula is C29H36N2O6. The van der Waals surface area contributed by atoms with E-state index in [4.69, 9.17) is 18.9 Å². The second-order valence-corrected chi connectivity index (χ2v) is 9.88. The van der Waals surface area contributed by atoms with Crippen LogP contribution in [0.4, 0.5) is 0 Å². The van der Waals surface area contributed by atoms with Crippen molar-refractivity contribution in [1.29, 1.82) is 0 Å². The average molecular weight is 509 g/mol. The minimum absolute atomic E-state index is 0.0206. The molecule has 2 aromatic carbocycles. The van der Waals surface area contributed by atoms with Gasteiger partial charge in [0.25, 0.3) is 11.8 Å². The molecule has 2 amide bonds. The van der Waals surface area contributed by atoms with Crippen LogP contribution in [0.1, 0.15) is 52.8 Å². The maximum Gasteiger partial charge on any atom is 0.253 e. The van der Waals surface area contributed by atoms with Gasteiger partial charge in [0.2, 0.25) is 0 Å². The fraction of sp³-hybridized carbons (Fsp3) is 0.517. The summed E-state index contributed by atoms with van der Waals surface area (Å²) >= 11 is 0. The lowest BCUT2D eigenvalue weighted by Gasteiger charge is -2.22. The summed E-state index contributed by atoms with van der Waals surface area (Å²) in [5, 5.41) is 0. The molecule has 0 spiro atoms. The SMILES string of the molecule is O=C(c1ccc(OCC2CCCO2)cc1)N1CCCN(C(=O)c2ccc(OCC3CCCO3)cc2)CC1. The molecule has 3 aliphatic heterocycles. The number of carbonyl (C=O) groups is 2. The number of rotatable bonds is 8. The van der Waals surface area contributed by atoms with E-state index in [2.05, 4.69) is 0 Å². The van der Waals surface area contributed by atoms with Crippen LogP contribution in [0.2, 0.25) is 0 Å². The van der Waals surface area contributed by atoms with Crippen molar-refractivity contribution in [1.82, 2.24) is 9.80 Å². The van der Waals surface area contributed by atoms with Gasteiger partial charge in [-0.05, 0) is 80.6 Å². The molecule has 5 rings (SSSR count). The predicted octanol–water partition coefficient (Wildman–Crippen LogP) is 3.79. The number of nitrogens with zero attached hydrogens (tertiary/aromatic N) is 2. The summed E-state index contributed by atoms with van der Waals surface area (Å²) in [7, 11) is 0. The Balaban J connectivity index is 1.10. The number of hydrogen-bond donors (Lipinski definition) is 0. The van der Waals surface area contributed by atoms with Crippen molar-refractivity contribution in [2.45, 2.75) is 44.3 Å². The third kappa shape index (κ3) is 6.81. The summed E-state index contributed by atoms with van der Waals surface area (Å²) < 4.78 is 22.8. The van der Waals surface area contributed by atoms with Crippen LogP contribution in [-0.2, 0) is 9.47 Å². The first-order valence-corrected chi connectivity index (χ1v) is 13.4. The van der Waals surface area contributed by atoms with E-state index in [0.29, 0.717) is 50.5 Å². The van der Waals surface area contributed by atoms with Crippen molar-refractivity contribution >= 4 is 11.8 Å². The first-order valence-electron chi connectivity index (χ1n) is 13.4. The van der Waals surface area contributed by atoms with E-state index in [1.807, 2.05) is 58.3 Å². The molecule has 8 nitrogen and oxygen atoms in total. The van der Waals surface area contributed by atoms with Gasteiger partial charge in [-0.2, -0.15) is 0 Å². The highest BCUT2D eigenvalue weighted by Gasteiger charge is 2.24. The summed E-state index contributed by atoms with van der Waals surface area (Å²) in [6, 6.07) is 14.6. The van der Waals surface area contributed by atoms with Gasteiger partial charge in [-0.15, -0.1) is 0 Å². The van der Waals surface area contributed by atoms with E-state index in [1.165, 1.54) is 0 Å². The minimum atomic E-state index is -0.0206. The molecule has 0 aliphatic carbocycles. The van der Waals surface area contributed by atoms with E-state index in [-0.39, 0.29) is 24.0 Å². The second-order valence-electron chi connectivity index (χ2n) is 9.88. The number of ether oxygens (including phenoxy) is 4. The van der Waals surface area contributed by atoms with Gasteiger partial charge >= 0.3 is 0 Å². The quantitative estimate of drug-likeness (QED) is 0.540. The van der Waals surface area contributed by atoms with Gasteiger partial charge < -0.3 is 28.7 Å². The Bertz CT molecular complexity index is 946. The van der Waals surface area contributed by atoms with E-state index < -0.39 is 0 Å². The van der Waals surface area contributed by atoms with Gasteiger partial charge in [-0.25, -0.2) is 0 Å². The number of carbonyl (C=O) groups excluding carboxylic acids is 2. The lowest BCUT2D eigenvalue weighted by molar-refractivity contribution is 0.0678. The monoisotopic (exact) mass is 508 g/mol.